The first-order valence-electron chi connectivity index (χ1n) is 7.75. The zero-order valence-electron chi connectivity index (χ0n) is 12.6. The Morgan fingerprint density at radius 1 is 1.20 bits per heavy atom. The van der Waals surface area contributed by atoms with Crippen LogP contribution in [0.2, 0.25) is 0 Å². The van der Waals surface area contributed by atoms with Crippen LogP contribution in [-0.2, 0) is 11.2 Å². The third kappa shape index (κ3) is 3.75. The van der Waals surface area contributed by atoms with E-state index in [4.69, 9.17) is 4.74 Å². The predicted molar refractivity (Wildman–Crippen MR) is 81.0 cm³/mol. The molecule has 0 spiro atoms. The number of nitrogens with zero attached hydrogens (tertiary/aromatic N) is 1. The lowest BCUT2D eigenvalue weighted by atomic mass is 10.2. The van der Waals surface area contributed by atoms with Crippen LogP contribution in [0.15, 0.2) is 24.3 Å². The smallest absolute Gasteiger partial charge is 0.260 e. The van der Waals surface area contributed by atoms with Crippen LogP contribution in [0.4, 0.5) is 0 Å². The molecule has 3 heteroatoms. The van der Waals surface area contributed by atoms with Gasteiger partial charge in [0.2, 0.25) is 0 Å². The van der Waals surface area contributed by atoms with Gasteiger partial charge in [-0.2, -0.15) is 0 Å². The summed E-state index contributed by atoms with van der Waals surface area (Å²) in [6.07, 6.45) is 5.79. The normalized spacial score (nSPS) is 15.3. The van der Waals surface area contributed by atoms with Crippen LogP contribution >= 0.6 is 0 Å². The van der Waals surface area contributed by atoms with Gasteiger partial charge in [-0.25, -0.2) is 0 Å². The maximum absolute atomic E-state index is 12.3. The molecule has 0 unspecified atom stereocenters. The molecule has 1 fully saturated rings. The second-order valence-electron chi connectivity index (χ2n) is 5.40. The number of aryl methyl sites for hydroxylation is 1. The van der Waals surface area contributed by atoms with Crippen LogP contribution in [0.5, 0.6) is 5.75 Å². The van der Waals surface area contributed by atoms with Crippen molar-refractivity contribution in [2.45, 2.75) is 52.0 Å². The lowest BCUT2D eigenvalue weighted by Crippen LogP contribution is -2.41. The van der Waals surface area contributed by atoms with Gasteiger partial charge >= 0.3 is 0 Å². The quantitative estimate of drug-likeness (QED) is 0.796. The minimum atomic E-state index is 0.110. The van der Waals surface area contributed by atoms with E-state index in [9.17, 15) is 4.79 Å². The summed E-state index contributed by atoms with van der Waals surface area (Å²) in [4.78, 5) is 14.2. The fourth-order valence-electron chi connectivity index (χ4n) is 2.90. The fourth-order valence-corrected chi connectivity index (χ4v) is 2.90. The predicted octanol–water partition coefficient (Wildman–Crippen LogP) is 3.42. The van der Waals surface area contributed by atoms with Crippen molar-refractivity contribution in [1.82, 2.24) is 4.90 Å². The van der Waals surface area contributed by atoms with Gasteiger partial charge in [-0.05, 0) is 43.9 Å². The number of benzene rings is 1. The Kier molecular flexibility index (Phi) is 5.45. The van der Waals surface area contributed by atoms with Gasteiger partial charge in [-0.15, -0.1) is 0 Å². The minimum Gasteiger partial charge on any atom is -0.484 e. The van der Waals surface area contributed by atoms with E-state index in [1.807, 2.05) is 36.1 Å². The summed E-state index contributed by atoms with van der Waals surface area (Å²) in [6.45, 7) is 5.10. The summed E-state index contributed by atoms with van der Waals surface area (Å²) in [6, 6.07) is 8.41. The maximum atomic E-state index is 12.3. The van der Waals surface area contributed by atoms with Gasteiger partial charge in [0.15, 0.2) is 6.61 Å². The molecule has 2 rings (SSSR count). The van der Waals surface area contributed by atoms with Gasteiger partial charge < -0.3 is 9.64 Å². The van der Waals surface area contributed by atoms with E-state index in [-0.39, 0.29) is 12.5 Å². The molecule has 3 nitrogen and oxygen atoms in total. The van der Waals surface area contributed by atoms with Gasteiger partial charge in [0, 0.05) is 12.6 Å². The summed E-state index contributed by atoms with van der Waals surface area (Å²) in [5.74, 6) is 0.886. The maximum Gasteiger partial charge on any atom is 0.260 e. The molecular weight excluding hydrogens is 250 g/mol. The van der Waals surface area contributed by atoms with Crippen molar-refractivity contribution in [1.29, 1.82) is 0 Å². The van der Waals surface area contributed by atoms with Crippen LogP contribution in [0.1, 0.15) is 45.1 Å². The molecule has 1 amide bonds. The Morgan fingerprint density at radius 2 is 1.85 bits per heavy atom. The SMILES string of the molecule is CCc1ccc(OCC(=O)N(CC)C2CCCC2)cc1. The summed E-state index contributed by atoms with van der Waals surface area (Å²) in [7, 11) is 0. The van der Waals surface area contributed by atoms with Crippen molar-refractivity contribution in [3.8, 4) is 5.75 Å². The molecular formula is C17H25NO2. The Labute approximate surface area is 121 Å². The molecule has 1 aromatic carbocycles. The fraction of sp³-hybridized carbons (Fsp3) is 0.588. The van der Waals surface area contributed by atoms with Crippen molar-refractivity contribution in [2.75, 3.05) is 13.2 Å². The molecule has 0 radical (unpaired) electrons. The highest BCUT2D eigenvalue weighted by Crippen LogP contribution is 2.23. The molecule has 0 heterocycles. The minimum absolute atomic E-state index is 0.110. The highest BCUT2D eigenvalue weighted by molar-refractivity contribution is 5.78. The summed E-state index contributed by atoms with van der Waals surface area (Å²) >= 11 is 0. The largest absolute Gasteiger partial charge is 0.484 e. The third-order valence-electron chi connectivity index (χ3n) is 4.12. The Morgan fingerprint density at radius 3 is 2.40 bits per heavy atom. The first kappa shape index (κ1) is 14.9. The molecule has 0 bridgehead atoms. The van der Waals surface area contributed by atoms with Crippen LogP contribution < -0.4 is 4.74 Å². The number of hydrogen-bond donors (Lipinski definition) is 0. The van der Waals surface area contributed by atoms with Crippen LogP contribution in [0.25, 0.3) is 0 Å². The van der Waals surface area contributed by atoms with E-state index in [1.54, 1.807) is 0 Å². The zero-order chi connectivity index (χ0) is 14.4. The van der Waals surface area contributed by atoms with E-state index < -0.39 is 0 Å². The highest BCUT2D eigenvalue weighted by atomic mass is 16.5. The molecule has 20 heavy (non-hydrogen) atoms. The highest BCUT2D eigenvalue weighted by Gasteiger charge is 2.25. The molecule has 110 valence electrons. The standard InChI is InChI=1S/C17H25NO2/c1-3-14-9-11-16(12-10-14)20-13-17(19)18(4-2)15-7-5-6-8-15/h9-12,15H,3-8,13H2,1-2H3. The van der Waals surface area contributed by atoms with Gasteiger partial charge in [0.1, 0.15) is 5.75 Å². The Balaban J connectivity index is 1.86. The van der Waals surface area contributed by atoms with Gasteiger partial charge in [0.05, 0.1) is 0 Å². The molecule has 1 aliphatic carbocycles. The Hall–Kier alpha value is -1.51. The van der Waals surface area contributed by atoms with Gasteiger partial charge in [-0.1, -0.05) is 31.9 Å². The van der Waals surface area contributed by atoms with E-state index in [0.717, 1.165) is 31.6 Å². The Bertz CT molecular complexity index is 421. The lowest BCUT2D eigenvalue weighted by molar-refractivity contribution is -0.135. The van der Waals surface area contributed by atoms with E-state index >= 15 is 0 Å². The molecule has 0 atom stereocenters. The average Bonchev–Trinajstić information content (AvgIpc) is 3.00. The van der Waals surface area contributed by atoms with Crippen molar-refractivity contribution < 1.29 is 9.53 Å². The van der Waals surface area contributed by atoms with Crippen LogP contribution in [0.3, 0.4) is 0 Å². The molecule has 1 aromatic rings. The molecule has 0 aliphatic heterocycles. The van der Waals surface area contributed by atoms with Gasteiger partial charge in [-0.3, -0.25) is 4.79 Å². The molecule has 0 saturated heterocycles. The number of carbonyl (C=O) groups excluding carboxylic acids is 1. The van der Waals surface area contributed by atoms with Crippen LogP contribution in [-0.4, -0.2) is 30.0 Å². The van der Waals surface area contributed by atoms with Crippen molar-refractivity contribution in [2.24, 2.45) is 0 Å². The summed E-state index contributed by atoms with van der Waals surface area (Å²) in [5, 5.41) is 0. The third-order valence-corrected chi connectivity index (χ3v) is 4.12. The van der Waals surface area contributed by atoms with Crippen LogP contribution in [0, 0.1) is 0 Å². The van der Waals surface area contributed by atoms with Crippen molar-refractivity contribution >= 4 is 5.91 Å². The number of ether oxygens (including phenoxy) is 1. The zero-order valence-corrected chi connectivity index (χ0v) is 12.6. The lowest BCUT2D eigenvalue weighted by Gasteiger charge is -2.27. The van der Waals surface area contributed by atoms with E-state index in [1.165, 1.54) is 18.4 Å². The topological polar surface area (TPSA) is 29.5 Å². The number of amides is 1. The van der Waals surface area contributed by atoms with Crippen molar-refractivity contribution in [3.05, 3.63) is 29.8 Å². The number of carbonyl (C=O) groups is 1. The molecule has 1 aliphatic rings. The number of hydrogen-bond acceptors (Lipinski definition) is 2. The average molecular weight is 275 g/mol. The second-order valence-corrected chi connectivity index (χ2v) is 5.40. The molecule has 0 aromatic heterocycles. The van der Waals surface area contributed by atoms with Gasteiger partial charge in [0.25, 0.3) is 5.91 Å². The first-order chi connectivity index (χ1) is 9.74. The second kappa shape index (κ2) is 7.32. The number of likely N-dealkylation sites (N-methyl/N-ethyl adjacent to an activating group) is 1. The summed E-state index contributed by atoms with van der Waals surface area (Å²) in [5.41, 5.74) is 1.28. The first-order valence-corrected chi connectivity index (χ1v) is 7.75. The van der Waals surface area contributed by atoms with E-state index in [2.05, 4.69) is 6.92 Å². The van der Waals surface area contributed by atoms with Crippen molar-refractivity contribution in [3.63, 3.8) is 0 Å². The summed E-state index contributed by atoms with van der Waals surface area (Å²) < 4.78 is 5.62. The van der Waals surface area contributed by atoms with E-state index in [0.29, 0.717) is 6.04 Å². The number of rotatable bonds is 6. The monoisotopic (exact) mass is 275 g/mol. The molecule has 1 saturated carbocycles. The molecule has 0 N–H and O–H groups in total.